The third-order valence-corrected chi connectivity index (χ3v) is 4.35. The van der Waals surface area contributed by atoms with Gasteiger partial charge in [-0.15, -0.1) is 0 Å². The number of nitrogens with zero attached hydrogens (tertiary/aromatic N) is 1. The van der Waals surface area contributed by atoms with Gasteiger partial charge in [-0.1, -0.05) is 37.3 Å². The van der Waals surface area contributed by atoms with Gasteiger partial charge in [-0.2, -0.15) is 0 Å². The lowest BCUT2D eigenvalue weighted by Gasteiger charge is -2.29. The average Bonchev–Trinajstić information content (AvgIpc) is 2.55. The van der Waals surface area contributed by atoms with Crippen molar-refractivity contribution in [1.29, 1.82) is 0 Å². The van der Waals surface area contributed by atoms with Crippen LogP contribution >= 0.6 is 0 Å². The summed E-state index contributed by atoms with van der Waals surface area (Å²) in [7, 11) is 0. The van der Waals surface area contributed by atoms with E-state index in [2.05, 4.69) is 4.99 Å². The Morgan fingerprint density at radius 3 is 2.50 bits per heavy atom. The van der Waals surface area contributed by atoms with Crippen LogP contribution in [0.15, 0.2) is 35.3 Å². The molecule has 0 saturated heterocycles. The Balaban J connectivity index is 2.34. The topological polar surface area (TPSA) is 86.6 Å². The van der Waals surface area contributed by atoms with Crippen LogP contribution in [0.25, 0.3) is 0 Å². The van der Waals surface area contributed by atoms with Crippen molar-refractivity contribution in [2.75, 3.05) is 0 Å². The SMILES string of the molecule is CCCC(=O)[C@@H]1C(=O)C[C@H](c2ccccc2)CC1=N[C@@H](C)C(=O)[O-]. The van der Waals surface area contributed by atoms with Crippen LogP contribution in [0, 0.1) is 5.92 Å². The van der Waals surface area contributed by atoms with E-state index in [0.717, 1.165) is 5.56 Å². The molecule has 0 amide bonds. The first-order valence-electron chi connectivity index (χ1n) is 8.31. The van der Waals surface area contributed by atoms with E-state index in [1.807, 2.05) is 37.3 Å². The molecular weight excluding hydrogens is 306 g/mol. The first-order valence-corrected chi connectivity index (χ1v) is 8.31. The molecule has 1 aromatic rings. The van der Waals surface area contributed by atoms with E-state index in [-0.39, 0.29) is 23.9 Å². The predicted molar refractivity (Wildman–Crippen MR) is 88.7 cm³/mol. The molecule has 5 heteroatoms. The number of hydrogen-bond acceptors (Lipinski definition) is 5. The molecule has 0 N–H and O–H groups in total. The normalized spacial score (nSPS) is 23.9. The number of rotatable bonds is 6. The Kier molecular flexibility index (Phi) is 6.01. The van der Waals surface area contributed by atoms with Gasteiger partial charge in [0.25, 0.3) is 0 Å². The van der Waals surface area contributed by atoms with Crippen LogP contribution in [-0.2, 0) is 14.4 Å². The van der Waals surface area contributed by atoms with E-state index in [1.165, 1.54) is 6.92 Å². The molecule has 0 spiro atoms. The summed E-state index contributed by atoms with van der Waals surface area (Å²) < 4.78 is 0. The fourth-order valence-corrected chi connectivity index (χ4v) is 3.13. The second kappa shape index (κ2) is 7.99. The van der Waals surface area contributed by atoms with E-state index in [0.29, 0.717) is 25.0 Å². The van der Waals surface area contributed by atoms with Gasteiger partial charge in [0, 0.05) is 18.6 Å². The molecule has 2 rings (SSSR count). The highest BCUT2D eigenvalue weighted by atomic mass is 16.4. The van der Waals surface area contributed by atoms with Gasteiger partial charge in [0.1, 0.15) is 17.5 Å². The van der Waals surface area contributed by atoms with Crippen LogP contribution in [0.5, 0.6) is 0 Å². The van der Waals surface area contributed by atoms with Crippen LogP contribution in [0.1, 0.15) is 51.0 Å². The van der Waals surface area contributed by atoms with Gasteiger partial charge >= 0.3 is 0 Å². The van der Waals surface area contributed by atoms with Crippen LogP contribution in [0.2, 0.25) is 0 Å². The van der Waals surface area contributed by atoms with Crippen molar-refractivity contribution in [2.45, 2.75) is 51.5 Å². The van der Waals surface area contributed by atoms with Gasteiger partial charge in [0.2, 0.25) is 0 Å². The lowest BCUT2D eigenvalue weighted by Crippen LogP contribution is -2.40. The van der Waals surface area contributed by atoms with E-state index < -0.39 is 17.9 Å². The Bertz CT molecular complexity index is 651. The quantitative estimate of drug-likeness (QED) is 0.744. The molecule has 128 valence electrons. The molecule has 1 aliphatic rings. The molecule has 0 aromatic heterocycles. The summed E-state index contributed by atoms with van der Waals surface area (Å²) in [6.45, 7) is 3.28. The molecule has 1 aliphatic carbocycles. The number of Topliss-reactive ketones (excluding diaryl/α,β-unsaturated/α-hetero) is 2. The molecular formula is C19H22NO4-. The molecule has 0 unspecified atom stereocenters. The summed E-state index contributed by atoms with van der Waals surface area (Å²) in [4.78, 5) is 40.1. The molecule has 1 aromatic carbocycles. The number of carboxylic acid groups (broad SMARTS) is 1. The monoisotopic (exact) mass is 328 g/mol. The average molecular weight is 328 g/mol. The van der Waals surface area contributed by atoms with Crippen LogP contribution < -0.4 is 5.11 Å². The zero-order chi connectivity index (χ0) is 17.7. The number of ketones is 2. The summed E-state index contributed by atoms with van der Waals surface area (Å²) in [6, 6.07) is 8.50. The molecule has 0 heterocycles. The number of carbonyl (C=O) groups excluding carboxylic acids is 3. The van der Waals surface area contributed by atoms with Gasteiger partial charge in [0.15, 0.2) is 0 Å². The van der Waals surface area contributed by atoms with Crippen LogP contribution in [0.4, 0.5) is 0 Å². The number of aliphatic imine (C=N–C) groups is 1. The maximum absolute atomic E-state index is 12.6. The molecule has 0 aliphatic heterocycles. The summed E-state index contributed by atoms with van der Waals surface area (Å²) in [5.74, 6) is -2.61. The Labute approximate surface area is 141 Å². The van der Waals surface area contributed by atoms with Crippen molar-refractivity contribution in [3.63, 3.8) is 0 Å². The first kappa shape index (κ1) is 18.0. The Morgan fingerprint density at radius 2 is 1.92 bits per heavy atom. The van der Waals surface area contributed by atoms with Crippen molar-refractivity contribution in [2.24, 2.45) is 10.9 Å². The van der Waals surface area contributed by atoms with E-state index in [4.69, 9.17) is 0 Å². The third-order valence-electron chi connectivity index (χ3n) is 4.35. The third kappa shape index (κ3) is 4.16. The highest BCUT2D eigenvalue weighted by Crippen LogP contribution is 2.33. The van der Waals surface area contributed by atoms with E-state index >= 15 is 0 Å². The van der Waals surface area contributed by atoms with E-state index in [9.17, 15) is 19.5 Å². The van der Waals surface area contributed by atoms with Crippen molar-refractivity contribution >= 4 is 23.2 Å². The lowest BCUT2D eigenvalue weighted by molar-refractivity contribution is -0.306. The number of benzene rings is 1. The second-order valence-electron chi connectivity index (χ2n) is 6.25. The van der Waals surface area contributed by atoms with Gasteiger partial charge in [-0.3, -0.25) is 14.6 Å². The second-order valence-corrected chi connectivity index (χ2v) is 6.25. The largest absolute Gasteiger partial charge is 0.548 e. The molecule has 0 bridgehead atoms. The molecule has 0 radical (unpaired) electrons. The number of carboxylic acids is 1. The summed E-state index contributed by atoms with van der Waals surface area (Å²) in [5.41, 5.74) is 1.39. The minimum Gasteiger partial charge on any atom is -0.548 e. The molecule has 1 fully saturated rings. The summed E-state index contributed by atoms with van der Waals surface area (Å²) in [5, 5.41) is 11.0. The molecule has 5 nitrogen and oxygen atoms in total. The number of hydrogen-bond donors (Lipinski definition) is 0. The van der Waals surface area contributed by atoms with Gasteiger partial charge < -0.3 is 9.90 Å². The number of aliphatic carboxylic acids is 1. The maximum atomic E-state index is 12.6. The van der Waals surface area contributed by atoms with Crippen molar-refractivity contribution < 1.29 is 19.5 Å². The summed E-state index contributed by atoms with van der Waals surface area (Å²) in [6.07, 6.45) is 1.65. The number of carbonyl (C=O) groups is 3. The zero-order valence-electron chi connectivity index (χ0n) is 14.0. The first-order chi connectivity index (χ1) is 11.4. The van der Waals surface area contributed by atoms with Crippen LogP contribution in [0.3, 0.4) is 0 Å². The maximum Gasteiger partial charge on any atom is 0.149 e. The predicted octanol–water partition coefficient (Wildman–Crippen LogP) is 1.70. The molecule has 1 saturated carbocycles. The van der Waals surface area contributed by atoms with Gasteiger partial charge in [-0.25, -0.2) is 0 Å². The molecule has 24 heavy (non-hydrogen) atoms. The fraction of sp³-hybridized carbons (Fsp3) is 0.474. The smallest absolute Gasteiger partial charge is 0.149 e. The minimum absolute atomic E-state index is 0.0721. The highest BCUT2D eigenvalue weighted by molar-refractivity contribution is 6.22. The Hall–Kier alpha value is -2.30. The fourth-order valence-electron chi connectivity index (χ4n) is 3.13. The summed E-state index contributed by atoms with van der Waals surface area (Å²) >= 11 is 0. The standard InChI is InChI=1S/C19H23NO4/c1-3-7-16(21)18-15(20-12(2)19(23)24)10-14(11-17(18)22)13-8-5-4-6-9-13/h4-6,8-9,12,14,18H,3,7,10-11H2,1-2H3,(H,23,24)/p-1/t12-,14+,18+/m0/s1. The van der Waals surface area contributed by atoms with Crippen LogP contribution in [-0.4, -0.2) is 29.3 Å². The van der Waals surface area contributed by atoms with Gasteiger partial charge in [0.05, 0.1) is 12.0 Å². The van der Waals surface area contributed by atoms with Crippen molar-refractivity contribution in [1.82, 2.24) is 0 Å². The lowest BCUT2D eigenvalue weighted by atomic mass is 9.74. The van der Waals surface area contributed by atoms with Crippen molar-refractivity contribution in [3.8, 4) is 0 Å². The highest BCUT2D eigenvalue weighted by Gasteiger charge is 2.38. The van der Waals surface area contributed by atoms with E-state index in [1.54, 1.807) is 0 Å². The van der Waals surface area contributed by atoms with Crippen molar-refractivity contribution in [3.05, 3.63) is 35.9 Å². The molecule has 3 atom stereocenters. The zero-order valence-corrected chi connectivity index (χ0v) is 14.0. The Morgan fingerprint density at radius 1 is 1.25 bits per heavy atom. The minimum atomic E-state index is -1.31. The van der Waals surface area contributed by atoms with Gasteiger partial charge in [-0.05, 0) is 31.2 Å².